The zero-order chi connectivity index (χ0) is 24.9. The molecule has 182 valence electrons. The molecule has 0 aliphatic carbocycles. The molecule has 0 saturated carbocycles. The number of carbonyl (C=O) groups is 1. The number of hydrogen-bond acceptors (Lipinski definition) is 6. The first-order chi connectivity index (χ1) is 16.9. The van der Waals surface area contributed by atoms with Gasteiger partial charge in [-0.1, -0.05) is 44.2 Å². The number of benzene rings is 2. The van der Waals surface area contributed by atoms with Crippen LogP contribution in [0.4, 0.5) is 5.69 Å². The number of nitrogens with zero attached hydrogens (tertiary/aromatic N) is 2. The number of anilines is 1. The fourth-order valence-corrected chi connectivity index (χ4v) is 6.02. The Morgan fingerprint density at radius 2 is 1.83 bits per heavy atom. The van der Waals surface area contributed by atoms with E-state index in [0.29, 0.717) is 22.0 Å². The maximum atomic E-state index is 13.7. The fraction of sp³-hybridized carbons (Fsp3) is 0.296. The number of carbonyl (C=O) groups excluding carboxylic acids is 1. The van der Waals surface area contributed by atoms with Crippen LogP contribution in [0.25, 0.3) is 15.9 Å². The Hall–Kier alpha value is -3.10. The van der Waals surface area contributed by atoms with Crippen molar-refractivity contribution in [1.29, 1.82) is 0 Å². The van der Waals surface area contributed by atoms with E-state index in [1.165, 1.54) is 22.2 Å². The molecular weight excluding hydrogens is 478 g/mol. The summed E-state index contributed by atoms with van der Waals surface area (Å²) in [6, 6.07) is 15.1. The first kappa shape index (κ1) is 25.0. The van der Waals surface area contributed by atoms with Crippen LogP contribution in [0.2, 0.25) is 0 Å². The van der Waals surface area contributed by atoms with Crippen LogP contribution in [-0.2, 0) is 17.6 Å². The monoisotopic (exact) mass is 507 g/mol. The molecule has 2 aromatic carbocycles. The molecule has 2 aromatic heterocycles. The Kier molecular flexibility index (Phi) is 7.93. The second kappa shape index (κ2) is 11.1. The lowest BCUT2D eigenvalue weighted by Gasteiger charge is -2.13. The second-order valence-electron chi connectivity index (χ2n) is 8.20. The second-order valence-corrected chi connectivity index (χ2v) is 10.2. The molecule has 8 heteroatoms. The minimum atomic E-state index is -0.149. The number of hydrogen-bond donors (Lipinski definition) is 1. The number of thiophene rings is 1. The molecule has 2 heterocycles. The number of fused-ring (bicyclic) bond motifs is 1. The van der Waals surface area contributed by atoms with Crippen LogP contribution in [0.1, 0.15) is 36.3 Å². The molecule has 0 aliphatic heterocycles. The van der Waals surface area contributed by atoms with E-state index in [0.717, 1.165) is 35.3 Å². The predicted molar refractivity (Wildman–Crippen MR) is 146 cm³/mol. The first-order valence-corrected chi connectivity index (χ1v) is 13.5. The van der Waals surface area contributed by atoms with Crippen molar-refractivity contribution in [2.45, 2.75) is 45.2 Å². The quantitative estimate of drug-likeness (QED) is 0.222. The summed E-state index contributed by atoms with van der Waals surface area (Å²) < 4.78 is 6.88. The molecule has 0 atom stereocenters. The van der Waals surface area contributed by atoms with E-state index in [9.17, 15) is 9.59 Å². The summed E-state index contributed by atoms with van der Waals surface area (Å²) in [5.74, 6) is 0.690. The number of methoxy groups -OCH3 is 1. The van der Waals surface area contributed by atoms with Crippen LogP contribution in [0.5, 0.6) is 5.75 Å². The van der Waals surface area contributed by atoms with E-state index in [1.807, 2.05) is 55.5 Å². The Morgan fingerprint density at radius 3 is 2.46 bits per heavy atom. The third-order valence-corrected chi connectivity index (χ3v) is 8.00. The number of aryl methyl sites for hydroxylation is 3. The van der Waals surface area contributed by atoms with Crippen LogP contribution in [0.3, 0.4) is 0 Å². The van der Waals surface area contributed by atoms with E-state index in [-0.39, 0.29) is 17.2 Å². The maximum absolute atomic E-state index is 13.7. The average Bonchev–Trinajstić information content (AvgIpc) is 3.18. The molecule has 0 radical (unpaired) electrons. The summed E-state index contributed by atoms with van der Waals surface area (Å²) in [7, 11) is 1.61. The van der Waals surface area contributed by atoms with Gasteiger partial charge in [-0.15, -0.1) is 11.3 Å². The number of rotatable bonds is 9. The number of aromatic nitrogens is 2. The van der Waals surface area contributed by atoms with Gasteiger partial charge in [-0.3, -0.25) is 14.2 Å². The van der Waals surface area contributed by atoms with Crippen molar-refractivity contribution < 1.29 is 9.53 Å². The van der Waals surface area contributed by atoms with Gasteiger partial charge in [0.2, 0.25) is 5.91 Å². The van der Waals surface area contributed by atoms with Crippen molar-refractivity contribution in [2.75, 3.05) is 18.2 Å². The van der Waals surface area contributed by atoms with Crippen molar-refractivity contribution in [3.8, 4) is 11.4 Å². The lowest BCUT2D eigenvalue weighted by atomic mass is 10.1. The number of thioether (sulfide) groups is 1. The van der Waals surface area contributed by atoms with Gasteiger partial charge < -0.3 is 10.1 Å². The highest BCUT2D eigenvalue weighted by Gasteiger charge is 2.20. The van der Waals surface area contributed by atoms with Crippen LogP contribution < -0.4 is 15.6 Å². The van der Waals surface area contributed by atoms with Gasteiger partial charge in [0.15, 0.2) is 5.16 Å². The van der Waals surface area contributed by atoms with Gasteiger partial charge in [0, 0.05) is 10.6 Å². The molecule has 1 N–H and O–H groups in total. The highest BCUT2D eigenvalue weighted by atomic mass is 32.2. The molecule has 1 amide bonds. The highest BCUT2D eigenvalue weighted by molar-refractivity contribution is 7.99. The molecule has 6 nitrogen and oxygen atoms in total. The lowest BCUT2D eigenvalue weighted by Crippen LogP contribution is -2.22. The highest BCUT2D eigenvalue weighted by Crippen LogP contribution is 2.31. The molecule has 0 unspecified atom stereocenters. The Morgan fingerprint density at radius 1 is 1.11 bits per heavy atom. The smallest absolute Gasteiger partial charge is 0.267 e. The van der Waals surface area contributed by atoms with Crippen molar-refractivity contribution in [3.05, 3.63) is 74.9 Å². The van der Waals surface area contributed by atoms with Crippen LogP contribution in [-0.4, -0.2) is 28.3 Å². The molecule has 0 bridgehead atoms. The number of ether oxygens (including phenoxy) is 1. The zero-order valence-corrected chi connectivity index (χ0v) is 22.0. The fourth-order valence-electron chi connectivity index (χ4n) is 3.88. The lowest BCUT2D eigenvalue weighted by molar-refractivity contribution is -0.113. The van der Waals surface area contributed by atoms with E-state index >= 15 is 0 Å². The first-order valence-electron chi connectivity index (χ1n) is 11.7. The van der Waals surface area contributed by atoms with Gasteiger partial charge >= 0.3 is 0 Å². The topological polar surface area (TPSA) is 73.2 Å². The molecule has 35 heavy (non-hydrogen) atoms. The number of amides is 1. The van der Waals surface area contributed by atoms with Crippen molar-refractivity contribution >= 4 is 44.9 Å². The van der Waals surface area contributed by atoms with Crippen molar-refractivity contribution in [2.24, 2.45) is 0 Å². The summed E-state index contributed by atoms with van der Waals surface area (Å²) in [6.07, 6.45) is 2.86. The normalized spacial score (nSPS) is 11.1. The Labute approximate surface area is 213 Å². The van der Waals surface area contributed by atoms with Crippen LogP contribution in [0, 0.1) is 6.92 Å². The third-order valence-electron chi connectivity index (χ3n) is 5.82. The van der Waals surface area contributed by atoms with Gasteiger partial charge in [-0.05, 0) is 67.3 Å². The summed E-state index contributed by atoms with van der Waals surface area (Å²) in [5, 5.41) is 4.08. The molecule has 4 aromatic rings. The summed E-state index contributed by atoms with van der Waals surface area (Å²) in [6.45, 7) is 6.22. The van der Waals surface area contributed by atoms with E-state index in [2.05, 4.69) is 19.2 Å². The Bertz CT molecular complexity index is 1390. The predicted octanol–water partition coefficient (Wildman–Crippen LogP) is 6.01. The van der Waals surface area contributed by atoms with Crippen molar-refractivity contribution in [1.82, 2.24) is 9.55 Å². The zero-order valence-electron chi connectivity index (χ0n) is 20.4. The average molecular weight is 508 g/mol. The molecular formula is C27H29N3O3S2. The largest absolute Gasteiger partial charge is 0.497 e. The molecule has 0 spiro atoms. The standard InChI is InChI=1S/C27H29N3O3S2/c1-5-7-22-17(3)24-25(35-22)29-27(30(26(24)32)20-12-14-21(33-4)15-13-20)34-16-23(31)28-19-10-8-18(6-2)9-11-19/h8-15H,5-7,16H2,1-4H3,(H,28,31). The van der Waals surface area contributed by atoms with Crippen LogP contribution in [0.15, 0.2) is 58.5 Å². The minimum absolute atomic E-state index is 0.116. The number of nitrogens with one attached hydrogen (secondary N) is 1. The van der Waals surface area contributed by atoms with Gasteiger partial charge in [0.1, 0.15) is 10.6 Å². The summed E-state index contributed by atoms with van der Waals surface area (Å²) in [4.78, 5) is 33.2. The summed E-state index contributed by atoms with van der Waals surface area (Å²) >= 11 is 2.83. The van der Waals surface area contributed by atoms with Crippen LogP contribution >= 0.6 is 23.1 Å². The summed E-state index contributed by atoms with van der Waals surface area (Å²) in [5.41, 5.74) is 3.53. The molecule has 4 rings (SSSR count). The van der Waals surface area contributed by atoms with Gasteiger partial charge in [0.25, 0.3) is 5.56 Å². The van der Waals surface area contributed by atoms with E-state index < -0.39 is 0 Å². The Balaban J connectivity index is 1.68. The van der Waals surface area contributed by atoms with Gasteiger partial charge in [0.05, 0.1) is 23.9 Å². The van der Waals surface area contributed by atoms with E-state index in [4.69, 9.17) is 9.72 Å². The third kappa shape index (κ3) is 5.44. The van der Waals surface area contributed by atoms with E-state index in [1.54, 1.807) is 23.0 Å². The van der Waals surface area contributed by atoms with Crippen molar-refractivity contribution in [3.63, 3.8) is 0 Å². The molecule has 0 saturated heterocycles. The SMILES string of the molecule is CCCc1sc2nc(SCC(=O)Nc3ccc(CC)cc3)n(-c3ccc(OC)cc3)c(=O)c2c1C. The molecule has 0 aliphatic rings. The maximum Gasteiger partial charge on any atom is 0.267 e. The van der Waals surface area contributed by atoms with Gasteiger partial charge in [-0.25, -0.2) is 4.98 Å². The van der Waals surface area contributed by atoms with Gasteiger partial charge in [-0.2, -0.15) is 0 Å². The minimum Gasteiger partial charge on any atom is -0.497 e. The molecule has 0 fully saturated rings.